The van der Waals surface area contributed by atoms with Crippen LogP contribution >= 0.6 is 0 Å². The molecular weight excluding hydrogens is 284 g/mol. The molecule has 0 atom stereocenters. The second kappa shape index (κ2) is 7.16. The van der Waals surface area contributed by atoms with E-state index in [4.69, 9.17) is 0 Å². The summed E-state index contributed by atoms with van der Waals surface area (Å²) in [6, 6.07) is 10.3. The number of hydrogen-bond donors (Lipinski definition) is 2. The monoisotopic (exact) mass is 300 g/mol. The fourth-order valence-corrected chi connectivity index (χ4v) is 1.99. The highest BCUT2D eigenvalue weighted by atomic mass is 16.6. The lowest BCUT2D eigenvalue weighted by Crippen LogP contribution is -2.23. The lowest BCUT2D eigenvalue weighted by Gasteiger charge is -2.10. The van der Waals surface area contributed by atoms with Crippen LogP contribution in [0, 0.1) is 10.1 Å². The van der Waals surface area contributed by atoms with Crippen LogP contribution in [0.3, 0.4) is 0 Å². The number of nitrogens with zero attached hydrogens (tertiary/aromatic N) is 2. The summed E-state index contributed by atoms with van der Waals surface area (Å²) >= 11 is 0. The van der Waals surface area contributed by atoms with E-state index >= 15 is 0 Å². The molecule has 2 N–H and O–H groups in total. The summed E-state index contributed by atoms with van der Waals surface area (Å²) in [5.41, 5.74) is 1.61. The molecule has 2 rings (SSSR count). The minimum Gasteiger partial charge on any atom is -0.355 e. The Hall–Kier alpha value is -2.96. The molecule has 0 bridgehead atoms. The maximum Gasteiger partial charge on any atom is 0.311 e. The van der Waals surface area contributed by atoms with Gasteiger partial charge in [0, 0.05) is 18.0 Å². The summed E-state index contributed by atoms with van der Waals surface area (Å²) in [7, 11) is 0. The molecule has 1 aromatic heterocycles. The number of amides is 1. The van der Waals surface area contributed by atoms with Crippen molar-refractivity contribution in [1.29, 1.82) is 0 Å². The number of para-hydroxylation sites is 1. The third-order valence-electron chi connectivity index (χ3n) is 3.07. The van der Waals surface area contributed by atoms with Crippen LogP contribution in [-0.2, 0) is 11.2 Å². The zero-order valence-corrected chi connectivity index (χ0v) is 12.1. The Labute approximate surface area is 127 Å². The van der Waals surface area contributed by atoms with Gasteiger partial charge in [-0.1, -0.05) is 25.1 Å². The lowest BCUT2D eigenvalue weighted by molar-refractivity contribution is -0.384. The van der Waals surface area contributed by atoms with Gasteiger partial charge in [0.25, 0.3) is 0 Å². The SMILES string of the molecule is CCc1ccccc1NC(=O)CNc1ncccc1[N+](=O)[O-]. The molecule has 0 spiro atoms. The van der Waals surface area contributed by atoms with E-state index in [-0.39, 0.29) is 24.0 Å². The zero-order valence-electron chi connectivity index (χ0n) is 12.1. The van der Waals surface area contributed by atoms with Crippen molar-refractivity contribution in [3.63, 3.8) is 0 Å². The van der Waals surface area contributed by atoms with Crippen molar-refractivity contribution in [3.05, 3.63) is 58.3 Å². The van der Waals surface area contributed by atoms with Gasteiger partial charge in [-0.05, 0) is 24.1 Å². The normalized spacial score (nSPS) is 10.0. The first kappa shape index (κ1) is 15.4. The van der Waals surface area contributed by atoms with Gasteiger partial charge >= 0.3 is 5.69 Å². The topological polar surface area (TPSA) is 97.2 Å². The van der Waals surface area contributed by atoms with Crippen molar-refractivity contribution < 1.29 is 9.72 Å². The Bertz CT molecular complexity index is 688. The van der Waals surface area contributed by atoms with Crippen molar-refractivity contribution in [2.45, 2.75) is 13.3 Å². The van der Waals surface area contributed by atoms with Crippen molar-refractivity contribution in [2.24, 2.45) is 0 Å². The number of aromatic nitrogens is 1. The van der Waals surface area contributed by atoms with Crippen LogP contribution in [0.25, 0.3) is 0 Å². The fraction of sp³-hybridized carbons (Fsp3) is 0.200. The molecule has 0 saturated heterocycles. The number of anilines is 2. The molecule has 0 aliphatic rings. The first-order valence-corrected chi connectivity index (χ1v) is 6.83. The van der Waals surface area contributed by atoms with Gasteiger partial charge in [0.1, 0.15) is 0 Å². The molecular formula is C15H16N4O3. The van der Waals surface area contributed by atoms with E-state index in [1.54, 1.807) is 0 Å². The Morgan fingerprint density at radius 3 is 2.77 bits per heavy atom. The van der Waals surface area contributed by atoms with E-state index in [0.717, 1.165) is 17.7 Å². The standard InChI is InChI=1S/C15H16N4O3/c1-2-11-6-3-4-7-12(11)18-14(20)10-17-15-13(19(21)22)8-5-9-16-15/h3-9H,2,10H2,1H3,(H,16,17)(H,18,20). The Morgan fingerprint density at radius 2 is 2.05 bits per heavy atom. The highest BCUT2D eigenvalue weighted by Crippen LogP contribution is 2.20. The van der Waals surface area contributed by atoms with Crippen molar-refractivity contribution >= 4 is 23.1 Å². The smallest absolute Gasteiger partial charge is 0.311 e. The van der Waals surface area contributed by atoms with E-state index in [2.05, 4.69) is 15.6 Å². The number of pyridine rings is 1. The third-order valence-corrected chi connectivity index (χ3v) is 3.07. The minimum atomic E-state index is -0.542. The molecule has 0 aliphatic carbocycles. The van der Waals surface area contributed by atoms with Gasteiger partial charge in [-0.25, -0.2) is 4.98 Å². The average Bonchev–Trinajstić information content (AvgIpc) is 2.53. The lowest BCUT2D eigenvalue weighted by atomic mass is 10.1. The minimum absolute atomic E-state index is 0.0754. The number of nitrogens with one attached hydrogen (secondary N) is 2. The highest BCUT2D eigenvalue weighted by Gasteiger charge is 2.14. The molecule has 0 saturated carbocycles. The number of benzene rings is 1. The predicted molar refractivity (Wildman–Crippen MR) is 83.8 cm³/mol. The summed E-state index contributed by atoms with van der Waals surface area (Å²) in [4.78, 5) is 26.2. The van der Waals surface area contributed by atoms with Gasteiger partial charge < -0.3 is 10.6 Å². The summed E-state index contributed by atoms with van der Waals surface area (Å²) in [5, 5.41) is 16.3. The fourth-order valence-electron chi connectivity index (χ4n) is 1.99. The van der Waals surface area contributed by atoms with Gasteiger partial charge in [-0.2, -0.15) is 0 Å². The number of nitro groups is 1. The van der Waals surface area contributed by atoms with Crippen LogP contribution in [0.1, 0.15) is 12.5 Å². The average molecular weight is 300 g/mol. The Morgan fingerprint density at radius 1 is 1.27 bits per heavy atom. The summed E-state index contributed by atoms with van der Waals surface area (Å²) < 4.78 is 0. The number of rotatable bonds is 6. The van der Waals surface area contributed by atoms with Gasteiger partial charge in [-0.15, -0.1) is 0 Å². The molecule has 0 unspecified atom stereocenters. The Kier molecular flexibility index (Phi) is 5.02. The largest absolute Gasteiger partial charge is 0.355 e. The molecule has 22 heavy (non-hydrogen) atoms. The molecule has 0 radical (unpaired) electrons. The van der Waals surface area contributed by atoms with E-state index in [0.29, 0.717) is 0 Å². The van der Waals surface area contributed by atoms with Gasteiger partial charge in [0.2, 0.25) is 11.7 Å². The molecule has 1 amide bonds. The van der Waals surface area contributed by atoms with Crippen LogP contribution in [-0.4, -0.2) is 22.4 Å². The van der Waals surface area contributed by atoms with Crippen molar-refractivity contribution in [3.8, 4) is 0 Å². The van der Waals surface area contributed by atoms with Crippen LogP contribution in [0.15, 0.2) is 42.6 Å². The number of carbonyl (C=O) groups excluding carboxylic acids is 1. The van der Waals surface area contributed by atoms with Gasteiger partial charge in [0.05, 0.1) is 11.5 Å². The van der Waals surface area contributed by atoms with Gasteiger partial charge in [-0.3, -0.25) is 14.9 Å². The second-order valence-corrected chi connectivity index (χ2v) is 4.54. The van der Waals surface area contributed by atoms with Crippen LogP contribution < -0.4 is 10.6 Å². The van der Waals surface area contributed by atoms with E-state index in [9.17, 15) is 14.9 Å². The van der Waals surface area contributed by atoms with E-state index in [1.165, 1.54) is 18.3 Å². The first-order valence-electron chi connectivity index (χ1n) is 6.83. The number of carbonyl (C=O) groups is 1. The summed E-state index contributed by atoms with van der Waals surface area (Å²) in [6.07, 6.45) is 2.23. The van der Waals surface area contributed by atoms with E-state index < -0.39 is 4.92 Å². The molecule has 0 aliphatic heterocycles. The Balaban J connectivity index is 2.00. The quantitative estimate of drug-likeness (QED) is 0.631. The summed E-state index contributed by atoms with van der Waals surface area (Å²) in [6.45, 7) is 1.90. The number of hydrogen-bond acceptors (Lipinski definition) is 5. The van der Waals surface area contributed by atoms with Gasteiger partial charge in [0.15, 0.2) is 0 Å². The van der Waals surface area contributed by atoms with Crippen LogP contribution in [0.5, 0.6) is 0 Å². The highest BCUT2D eigenvalue weighted by molar-refractivity contribution is 5.94. The summed E-state index contributed by atoms with van der Waals surface area (Å²) in [5.74, 6) is -0.215. The molecule has 2 aromatic rings. The maximum absolute atomic E-state index is 12.0. The second-order valence-electron chi connectivity index (χ2n) is 4.54. The van der Waals surface area contributed by atoms with Crippen molar-refractivity contribution in [2.75, 3.05) is 17.2 Å². The van der Waals surface area contributed by atoms with Crippen molar-refractivity contribution in [1.82, 2.24) is 4.98 Å². The van der Waals surface area contributed by atoms with Crippen LogP contribution in [0.2, 0.25) is 0 Å². The number of aryl methyl sites for hydroxylation is 1. The van der Waals surface area contributed by atoms with Crippen LogP contribution in [0.4, 0.5) is 17.2 Å². The zero-order chi connectivity index (χ0) is 15.9. The predicted octanol–water partition coefficient (Wildman–Crippen LogP) is 2.60. The molecule has 7 nitrogen and oxygen atoms in total. The molecule has 0 fully saturated rings. The van der Waals surface area contributed by atoms with E-state index in [1.807, 2.05) is 31.2 Å². The molecule has 1 aromatic carbocycles. The maximum atomic E-state index is 12.0. The molecule has 1 heterocycles. The molecule has 7 heteroatoms. The third kappa shape index (κ3) is 3.78. The molecule has 114 valence electrons. The first-order chi connectivity index (χ1) is 10.6.